The van der Waals surface area contributed by atoms with Gasteiger partial charge >= 0.3 is 0 Å². The van der Waals surface area contributed by atoms with Crippen LogP contribution in [0, 0.1) is 0 Å². The molecule has 0 aromatic carbocycles. The fourth-order valence-electron chi connectivity index (χ4n) is 2.18. The summed E-state index contributed by atoms with van der Waals surface area (Å²) in [5, 5.41) is 18.8. The van der Waals surface area contributed by atoms with E-state index in [0.29, 0.717) is 0 Å². The first kappa shape index (κ1) is 11.4. The van der Waals surface area contributed by atoms with Gasteiger partial charge < -0.3 is 15.1 Å². The molecule has 0 saturated carbocycles. The Morgan fingerprint density at radius 1 is 1.62 bits per heavy atom. The van der Waals surface area contributed by atoms with Crippen molar-refractivity contribution in [2.45, 2.75) is 31.9 Å². The highest BCUT2D eigenvalue weighted by molar-refractivity contribution is 5.43. The smallest absolute Gasteiger partial charge is 0.129 e. The Bertz CT molecular complexity index is 355. The first-order chi connectivity index (χ1) is 7.72. The standard InChI is InChI=1S/C12H18N2O2/c1-9(16)10-4-5-13-12(7-10)14-6-2-3-11(14)8-15/h4-5,7,9,11,15-16H,2-3,6,8H2,1H3/t9-,11?/m1/s1. The molecule has 2 rings (SSSR count). The summed E-state index contributed by atoms with van der Waals surface area (Å²) in [4.78, 5) is 6.42. The predicted octanol–water partition coefficient (Wildman–Crippen LogP) is 1.10. The molecule has 1 aromatic rings. The van der Waals surface area contributed by atoms with Gasteiger partial charge in [0.15, 0.2) is 0 Å². The van der Waals surface area contributed by atoms with Crippen molar-refractivity contribution in [3.63, 3.8) is 0 Å². The van der Waals surface area contributed by atoms with Gasteiger partial charge in [-0.3, -0.25) is 0 Å². The molecular weight excluding hydrogens is 204 g/mol. The van der Waals surface area contributed by atoms with E-state index in [0.717, 1.165) is 30.8 Å². The van der Waals surface area contributed by atoms with Crippen molar-refractivity contribution >= 4 is 5.82 Å². The van der Waals surface area contributed by atoms with Crippen molar-refractivity contribution in [1.82, 2.24) is 4.98 Å². The fraction of sp³-hybridized carbons (Fsp3) is 0.583. The van der Waals surface area contributed by atoms with E-state index in [1.807, 2.05) is 12.1 Å². The average Bonchev–Trinajstić information content (AvgIpc) is 2.77. The molecule has 1 unspecified atom stereocenters. The van der Waals surface area contributed by atoms with Crippen LogP contribution in [0.4, 0.5) is 5.82 Å². The second-order valence-electron chi connectivity index (χ2n) is 4.30. The highest BCUT2D eigenvalue weighted by atomic mass is 16.3. The van der Waals surface area contributed by atoms with Crippen LogP contribution in [-0.2, 0) is 0 Å². The minimum absolute atomic E-state index is 0.167. The van der Waals surface area contributed by atoms with E-state index in [1.165, 1.54) is 0 Å². The maximum absolute atomic E-state index is 9.52. The number of aliphatic hydroxyl groups is 2. The summed E-state index contributed by atoms with van der Waals surface area (Å²) >= 11 is 0. The first-order valence-electron chi connectivity index (χ1n) is 5.74. The molecule has 2 atom stereocenters. The molecule has 2 heterocycles. The predicted molar refractivity (Wildman–Crippen MR) is 62.3 cm³/mol. The molecule has 0 bridgehead atoms. The van der Waals surface area contributed by atoms with Gasteiger partial charge in [0.05, 0.1) is 18.8 Å². The Morgan fingerprint density at radius 3 is 3.12 bits per heavy atom. The van der Waals surface area contributed by atoms with Gasteiger partial charge in [-0.05, 0) is 37.5 Å². The molecule has 0 radical (unpaired) electrons. The Labute approximate surface area is 95.5 Å². The largest absolute Gasteiger partial charge is 0.394 e. The van der Waals surface area contributed by atoms with Crippen LogP contribution in [0.3, 0.4) is 0 Å². The molecule has 1 saturated heterocycles. The van der Waals surface area contributed by atoms with Crippen LogP contribution in [0.25, 0.3) is 0 Å². The van der Waals surface area contributed by atoms with Crippen molar-refractivity contribution in [1.29, 1.82) is 0 Å². The van der Waals surface area contributed by atoms with E-state index < -0.39 is 6.10 Å². The maximum Gasteiger partial charge on any atom is 0.129 e. The van der Waals surface area contributed by atoms with Gasteiger partial charge in [0.1, 0.15) is 5.82 Å². The summed E-state index contributed by atoms with van der Waals surface area (Å²) in [7, 11) is 0. The van der Waals surface area contributed by atoms with Gasteiger partial charge in [-0.25, -0.2) is 4.98 Å². The third-order valence-corrected chi connectivity index (χ3v) is 3.13. The number of anilines is 1. The lowest BCUT2D eigenvalue weighted by Gasteiger charge is -2.24. The van der Waals surface area contributed by atoms with Gasteiger partial charge in [0.25, 0.3) is 0 Å². The SMILES string of the molecule is C[C@@H](O)c1ccnc(N2CCCC2CO)c1. The number of hydrogen-bond acceptors (Lipinski definition) is 4. The Morgan fingerprint density at radius 2 is 2.44 bits per heavy atom. The summed E-state index contributed by atoms with van der Waals surface area (Å²) in [5.74, 6) is 0.856. The first-order valence-corrected chi connectivity index (χ1v) is 5.74. The van der Waals surface area contributed by atoms with Crippen molar-refractivity contribution in [3.8, 4) is 0 Å². The maximum atomic E-state index is 9.52. The Balaban J connectivity index is 2.22. The van der Waals surface area contributed by atoms with Crippen LogP contribution < -0.4 is 4.90 Å². The van der Waals surface area contributed by atoms with Crippen LogP contribution >= 0.6 is 0 Å². The number of aromatic nitrogens is 1. The third-order valence-electron chi connectivity index (χ3n) is 3.13. The van der Waals surface area contributed by atoms with Crippen LogP contribution in [0.2, 0.25) is 0 Å². The normalized spacial score (nSPS) is 22.4. The summed E-state index contributed by atoms with van der Waals surface area (Å²) in [5.41, 5.74) is 0.869. The van der Waals surface area contributed by atoms with Crippen LogP contribution in [0.15, 0.2) is 18.3 Å². The molecule has 88 valence electrons. The zero-order valence-corrected chi connectivity index (χ0v) is 9.50. The minimum Gasteiger partial charge on any atom is -0.394 e. The van der Waals surface area contributed by atoms with Crippen LogP contribution in [0.1, 0.15) is 31.4 Å². The van der Waals surface area contributed by atoms with Gasteiger partial charge in [-0.1, -0.05) is 0 Å². The molecule has 2 N–H and O–H groups in total. The monoisotopic (exact) mass is 222 g/mol. The minimum atomic E-state index is -0.475. The molecule has 4 heteroatoms. The van der Waals surface area contributed by atoms with Gasteiger partial charge in [0, 0.05) is 12.7 Å². The zero-order valence-electron chi connectivity index (χ0n) is 9.50. The summed E-state index contributed by atoms with van der Waals surface area (Å²) in [6.45, 7) is 2.84. The van der Waals surface area contributed by atoms with Crippen molar-refractivity contribution in [2.24, 2.45) is 0 Å². The number of aliphatic hydroxyl groups excluding tert-OH is 2. The second kappa shape index (κ2) is 4.80. The average molecular weight is 222 g/mol. The fourth-order valence-corrected chi connectivity index (χ4v) is 2.18. The highest BCUT2D eigenvalue weighted by Gasteiger charge is 2.24. The molecule has 0 spiro atoms. The van der Waals surface area contributed by atoms with Gasteiger partial charge in [-0.15, -0.1) is 0 Å². The lowest BCUT2D eigenvalue weighted by atomic mass is 10.1. The Kier molecular flexibility index (Phi) is 3.41. The zero-order chi connectivity index (χ0) is 11.5. The molecule has 1 aliphatic heterocycles. The van der Waals surface area contributed by atoms with Crippen molar-refractivity contribution < 1.29 is 10.2 Å². The van der Waals surface area contributed by atoms with E-state index in [4.69, 9.17) is 0 Å². The molecule has 1 fully saturated rings. The van der Waals surface area contributed by atoms with Crippen molar-refractivity contribution in [3.05, 3.63) is 23.9 Å². The molecule has 0 amide bonds. The number of hydrogen-bond donors (Lipinski definition) is 2. The van der Waals surface area contributed by atoms with Crippen molar-refractivity contribution in [2.75, 3.05) is 18.1 Å². The molecule has 16 heavy (non-hydrogen) atoms. The van der Waals surface area contributed by atoms with Crippen LogP contribution in [-0.4, -0.2) is 34.4 Å². The topological polar surface area (TPSA) is 56.6 Å². The summed E-state index contributed by atoms with van der Waals surface area (Å²) < 4.78 is 0. The molecule has 4 nitrogen and oxygen atoms in total. The molecule has 1 aliphatic rings. The van der Waals surface area contributed by atoms with Gasteiger partial charge in [0.2, 0.25) is 0 Å². The second-order valence-corrected chi connectivity index (χ2v) is 4.30. The molecular formula is C12H18N2O2. The van der Waals surface area contributed by atoms with Crippen LogP contribution in [0.5, 0.6) is 0 Å². The Hall–Kier alpha value is -1.13. The lowest BCUT2D eigenvalue weighted by Crippen LogP contribution is -2.32. The van der Waals surface area contributed by atoms with E-state index in [9.17, 15) is 10.2 Å². The van der Waals surface area contributed by atoms with E-state index in [-0.39, 0.29) is 12.6 Å². The summed E-state index contributed by atoms with van der Waals surface area (Å²) in [6, 6.07) is 3.90. The third kappa shape index (κ3) is 2.18. The quantitative estimate of drug-likeness (QED) is 0.804. The number of rotatable bonds is 3. The van der Waals surface area contributed by atoms with E-state index in [1.54, 1.807) is 13.1 Å². The lowest BCUT2D eigenvalue weighted by molar-refractivity contribution is 0.199. The number of nitrogens with zero attached hydrogens (tertiary/aromatic N) is 2. The van der Waals surface area contributed by atoms with Gasteiger partial charge in [-0.2, -0.15) is 0 Å². The van der Waals surface area contributed by atoms with E-state index >= 15 is 0 Å². The molecule has 1 aromatic heterocycles. The number of pyridine rings is 1. The highest BCUT2D eigenvalue weighted by Crippen LogP contribution is 2.25. The summed E-state index contributed by atoms with van der Waals surface area (Å²) in [6.07, 6.45) is 3.34. The molecule has 0 aliphatic carbocycles. The van der Waals surface area contributed by atoms with E-state index in [2.05, 4.69) is 9.88 Å².